The molecule has 2 aliphatic rings. The molecule has 4 nitrogen and oxygen atoms in total. The van der Waals surface area contributed by atoms with E-state index in [0.29, 0.717) is 6.42 Å². The molecule has 2 atom stereocenters. The normalized spacial score (nSPS) is 26.2. The monoisotopic (exact) mass is 232 g/mol. The fraction of sp³-hybridized carbons (Fsp3) is 0.385. The fourth-order valence-electron chi connectivity index (χ4n) is 2.80. The number of methoxy groups -OCH3 is 1. The molecule has 0 radical (unpaired) electrons. The molecule has 17 heavy (non-hydrogen) atoms. The Morgan fingerprint density at radius 3 is 2.88 bits per heavy atom. The highest BCUT2D eigenvalue weighted by molar-refractivity contribution is 6.00. The van der Waals surface area contributed by atoms with Crippen molar-refractivity contribution < 1.29 is 19.1 Å². The molecule has 4 heteroatoms. The SMILES string of the molecule is COc1cccc2c1CCC1C(=O)OC(=O)C21. The number of carbonyl (C=O) groups excluding carboxylic acids is 2. The number of carbonyl (C=O) groups is 2. The Bertz CT molecular complexity index is 506. The van der Waals surface area contributed by atoms with Crippen LogP contribution in [-0.4, -0.2) is 19.0 Å². The highest BCUT2D eigenvalue weighted by Crippen LogP contribution is 2.44. The summed E-state index contributed by atoms with van der Waals surface area (Å²) in [6, 6.07) is 5.60. The first-order chi connectivity index (χ1) is 8.22. The molecule has 1 aromatic rings. The van der Waals surface area contributed by atoms with E-state index in [1.54, 1.807) is 7.11 Å². The number of benzene rings is 1. The highest BCUT2D eigenvalue weighted by atomic mass is 16.6. The van der Waals surface area contributed by atoms with Gasteiger partial charge in [0.25, 0.3) is 0 Å². The van der Waals surface area contributed by atoms with Crippen LogP contribution in [0.2, 0.25) is 0 Å². The standard InChI is InChI=1S/C13H12O4/c1-16-10-4-2-3-8-7(10)5-6-9-11(8)13(15)17-12(9)14/h2-4,9,11H,5-6H2,1H3. The molecule has 2 unspecified atom stereocenters. The molecule has 0 amide bonds. The van der Waals surface area contributed by atoms with Gasteiger partial charge in [-0.2, -0.15) is 0 Å². The quantitative estimate of drug-likeness (QED) is 0.543. The zero-order valence-electron chi connectivity index (χ0n) is 9.43. The maximum absolute atomic E-state index is 11.7. The topological polar surface area (TPSA) is 52.6 Å². The molecule has 1 aromatic carbocycles. The second-order valence-electron chi connectivity index (χ2n) is 4.39. The molecule has 0 aromatic heterocycles. The lowest BCUT2D eigenvalue weighted by Crippen LogP contribution is -2.23. The van der Waals surface area contributed by atoms with Gasteiger partial charge >= 0.3 is 11.9 Å². The largest absolute Gasteiger partial charge is 0.496 e. The van der Waals surface area contributed by atoms with Gasteiger partial charge in [-0.05, 0) is 30.0 Å². The molecule has 1 fully saturated rings. The molecule has 3 rings (SSSR count). The van der Waals surface area contributed by atoms with Crippen LogP contribution in [0, 0.1) is 5.92 Å². The van der Waals surface area contributed by atoms with Crippen molar-refractivity contribution in [3.63, 3.8) is 0 Å². The Morgan fingerprint density at radius 1 is 1.29 bits per heavy atom. The third-order valence-corrected chi connectivity index (χ3v) is 3.59. The van der Waals surface area contributed by atoms with Crippen LogP contribution >= 0.6 is 0 Å². The minimum absolute atomic E-state index is 0.304. The Kier molecular flexibility index (Phi) is 2.18. The Hall–Kier alpha value is -1.84. The highest BCUT2D eigenvalue weighted by Gasteiger charge is 2.48. The number of esters is 2. The first-order valence-electron chi connectivity index (χ1n) is 5.63. The second kappa shape index (κ2) is 3.58. The van der Waals surface area contributed by atoms with Crippen LogP contribution in [0.1, 0.15) is 23.5 Å². The minimum atomic E-state index is -0.429. The maximum Gasteiger partial charge on any atom is 0.321 e. The summed E-state index contributed by atoms with van der Waals surface area (Å²) in [5.74, 6) is -0.751. The van der Waals surface area contributed by atoms with Crippen LogP contribution in [0.15, 0.2) is 18.2 Å². The molecule has 1 saturated heterocycles. The molecule has 0 N–H and O–H groups in total. The van der Waals surface area contributed by atoms with Crippen molar-refractivity contribution in [1.29, 1.82) is 0 Å². The second-order valence-corrected chi connectivity index (χ2v) is 4.39. The summed E-state index contributed by atoms with van der Waals surface area (Å²) in [6.07, 6.45) is 1.41. The predicted octanol–water partition coefficient (Wildman–Crippen LogP) is 1.42. The average molecular weight is 232 g/mol. The summed E-state index contributed by atoms with van der Waals surface area (Å²) in [6.45, 7) is 0. The van der Waals surface area contributed by atoms with Crippen molar-refractivity contribution in [2.24, 2.45) is 5.92 Å². The minimum Gasteiger partial charge on any atom is -0.496 e. The Balaban J connectivity index is 2.13. The molecule has 0 bridgehead atoms. The lowest BCUT2D eigenvalue weighted by atomic mass is 9.76. The van der Waals surface area contributed by atoms with Gasteiger partial charge < -0.3 is 9.47 Å². The zero-order chi connectivity index (χ0) is 12.0. The zero-order valence-corrected chi connectivity index (χ0v) is 9.43. The van der Waals surface area contributed by atoms with E-state index in [9.17, 15) is 9.59 Å². The van der Waals surface area contributed by atoms with Gasteiger partial charge in [0.15, 0.2) is 0 Å². The van der Waals surface area contributed by atoms with Gasteiger partial charge in [-0.1, -0.05) is 12.1 Å². The van der Waals surface area contributed by atoms with Gasteiger partial charge in [-0.3, -0.25) is 9.59 Å². The van der Waals surface area contributed by atoms with E-state index in [0.717, 1.165) is 23.3 Å². The fourth-order valence-corrected chi connectivity index (χ4v) is 2.80. The van der Waals surface area contributed by atoms with Crippen molar-refractivity contribution in [2.45, 2.75) is 18.8 Å². The van der Waals surface area contributed by atoms with Crippen molar-refractivity contribution in [3.05, 3.63) is 29.3 Å². The lowest BCUT2D eigenvalue weighted by molar-refractivity contribution is -0.153. The van der Waals surface area contributed by atoms with Crippen LogP contribution in [0.4, 0.5) is 0 Å². The van der Waals surface area contributed by atoms with Crippen LogP contribution in [0.25, 0.3) is 0 Å². The van der Waals surface area contributed by atoms with Crippen LogP contribution < -0.4 is 4.74 Å². The van der Waals surface area contributed by atoms with E-state index in [1.165, 1.54) is 0 Å². The summed E-state index contributed by atoms with van der Waals surface area (Å²) < 4.78 is 10.0. The third kappa shape index (κ3) is 1.37. The van der Waals surface area contributed by atoms with Crippen molar-refractivity contribution in [2.75, 3.05) is 7.11 Å². The Labute approximate surface area is 98.5 Å². The molecular formula is C13H12O4. The summed E-state index contributed by atoms with van der Waals surface area (Å²) >= 11 is 0. The molecule has 1 heterocycles. The van der Waals surface area contributed by atoms with E-state index in [4.69, 9.17) is 9.47 Å². The number of hydrogen-bond acceptors (Lipinski definition) is 4. The van der Waals surface area contributed by atoms with Gasteiger partial charge in [0, 0.05) is 0 Å². The van der Waals surface area contributed by atoms with E-state index >= 15 is 0 Å². The molecule has 88 valence electrons. The number of fused-ring (bicyclic) bond motifs is 3. The summed E-state index contributed by atoms with van der Waals surface area (Å²) in [5, 5.41) is 0. The van der Waals surface area contributed by atoms with Crippen molar-refractivity contribution in [3.8, 4) is 5.75 Å². The summed E-state index contributed by atoms with van der Waals surface area (Å²) in [4.78, 5) is 23.2. The van der Waals surface area contributed by atoms with Gasteiger partial charge in [-0.15, -0.1) is 0 Å². The number of hydrogen-bond donors (Lipinski definition) is 0. The van der Waals surface area contributed by atoms with Gasteiger partial charge in [0.05, 0.1) is 18.9 Å². The Morgan fingerprint density at radius 2 is 2.12 bits per heavy atom. The number of cyclic esters (lactones) is 2. The van der Waals surface area contributed by atoms with Gasteiger partial charge in [0.1, 0.15) is 5.75 Å². The van der Waals surface area contributed by atoms with E-state index < -0.39 is 11.9 Å². The number of ether oxygens (including phenoxy) is 2. The predicted molar refractivity (Wildman–Crippen MR) is 58.6 cm³/mol. The molecule has 0 spiro atoms. The van der Waals surface area contributed by atoms with Crippen LogP contribution in [0.5, 0.6) is 5.75 Å². The third-order valence-electron chi connectivity index (χ3n) is 3.59. The van der Waals surface area contributed by atoms with Gasteiger partial charge in [-0.25, -0.2) is 0 Å². The first-order valence-corrected chi connectivity index (χ1v) is 5.63. The molecular weight excluding hydrogens is 220 g/mol. The summed E-state index contributed by atoms with van der Waals surface area (Å²) in [7, 11) is 1.61. The van der Waals surface area contributed by atoms with E-state index in [2.05, 4.69) is 0 Å². The van der Waals surface area contributed by atoms with E-state index in [-0.39, 0.29) is 11.9 Å². The number of rotatable bonds is 1. The maximum atomic E-state index is 11.7. The van der Waals surface area contributed by atoms with Gasteiger partial charge in [0.2, 0.25) is 0 Å². The van der Waals surface area contributed by atoms with Crippen LogP contribution in [-0.2, 0) is 20.7 Å². The van der Waals surface area contributed by atoms with E-state index in [1.807, 2.05) is 18.2 Å². The lowest BCUT2D eigenvalue weighted by Gasteiger charge is -2.24. The molecule has 1 aliphatic carbocycles. The average Bonchev–Trinajstić information content (AvgIpc) is 2.64. The molecule has 0 saturated carbocycles. The van der Waals surface area contributed by atoms with Crippen molar-refractivity contribution in [1.82, 2.24) is 0 Å². The van der Waals surface area contributed by atoms with Crippen LogP contribution in [0.3, 0.4) is 0 Å². The molecule has 1 aliphatic heterocycles. The van der Waals surface area contributed by atoms with Crippen molar-refractivity contribution >= 4 is 11.9 Å². The summed E-state index contributed by atoms with van der Waals surface area (Å²) in [5.41, 5.74) is 1.92. The first kappa shape index (κ1) is 10.3. The smallest absolute Gasteiger partial charge is 0.321 e.